The number of aromatic nitrogens is 2. The molecule has 0 spiro atoms. The number of likely N-dealkylation sites (tertiary alicyclic amines) is 1. The molecule has 0 radical (unpaired) electrons. The number of fused-ring (bicyclic) bond motifs is 2. The van der Waals surface area contributed by atoms with E-state index in [0.717, 1.165) is 47.0 Å². The standard InChI is InChI=1S/C33H32ClFN6O3/c1-20(35)33(43)41-12-11-40(18-23(41)8-9-36)29-16-30(44-19-24-6-4-10-39(24)2)38-28-14-22(17-37-32(28)29)26-15-25(42)13-21-5-3-7-27(34)31(21)26/h3,5,7,13-17,23-24,42H,1,4,6,8,10-12,18-19H2,2H3/t23?,24-/m0/s1. The average molecular weight is 615 g/mol. The smallest absolute Gasteiger partial charge is 0.282 e. The molecule has 0 aliphatic carbocycles. The molecule has 6 rings (SSSR count). The molecular weight excluding hydrogens is 583 g/mol. The van der Waals surface area contributed by atoms with Crippen molar-refractivity contribution in [3.63, 3.8) is 0 Å². The maximum atomic E-state index is 13.8. The zero-order chi connectivity index (χ0) is 31.0. The number of piperazine rings is 1. The van der Waals surface area contributed by atoms with Gasteiger partial charge in [-0.15, -0.1) is 0 Å². The van der Waals surface area contributed by atoms with Crippen molar-refractivity contribution in [2.45, 2.75) is 31.3 Å². The first kappa shape index (κ1) is 29.6. The first-order chi connectivity index (χ1) is 21.2. The van der Waals surface area contributed by atoms with Crippen LogP contribution in [0.2, 0.25) is 5.02 Å². The lowest BCUT2D eigenvalue weighted by Crippen LogP contribution is -2.55. The first-order valence-electron chi connectivity index (χ1n) is 14.6. The van der Waals surface area contributed by atoms with Crippen LogP contribution in [0.5, 0.6) is 11.6 Å². The molecular formula is C33H32ClFN6O3. The molecule has 2 aromatic heterocycles. The third-order valence-corrected chi connectivity index (χ3v) is 8.88. The molecule has 4 heterocycles. The van der Waals surface area contributed by atoms with Crippen LogP contribution in [-0.2, 0) is 4.79 Å². The van der Waals surface area contributed by atoms with Crippen molar-refractivity contribution in [3.05, 3.63) is 66.1 Å². The lowest BCUT2D eigenvalue weighted by Gasteiger charge is -2.41. The number of carbonyl (C=O) groups excluding carboxylic acids is 1. The quantitative estimate of drug-likeness (QED) is 0.265. The van der Waals surface area contributed by atoms with E-state index in [9.17, 15) is 19.6 Å². The van der Waals surface area contributed by atoms with Gasteiger partial charge in [-0.05, 0) is 61.6 Å². The molecule has 2 fully saturated rings. The Kier molecular flexibility index (Phi) is 8.25. The number of aromatic hydroxyl groups is 1. The predicted octanol–water partition coefficient (Wildman–Crippen LogP) is 5.70. The summed E-state index contributed by atoms with van der Waals surface area (Å²) in [5, 5.41) is 22.1. The number of nitriles is 1. The number of hydrogen-bond donors (Lipinski definition) is 1. The number of halogens is 2. The van der Waals surface area contributed by atoms with Crippen molar-refractivity contribution in [2.75, 3.05) is 44.7 Å². The molecule has 0 bridgehead atoms. The fourth-order valence-corrected chi connectivity index (χ4v) is 6.56. The number of benzene rings is 2. The highest BCUT2D eigenvalue weighted by Crippen LogP contribution is 2.39. The fourth-order valence-electron chi connectivity index (χ4n) is 6.28. The summed E-state index contributed by atoms with van der Waals surface area (Å²) in [5.74, 6) is -1.31. The summed E-state index contributed by atoms with van der Waals surface area (Å²) in [5.41, 5.74) is 3.36. The van der Waals surface area contributed by atoms with Crippen molar-refractivity contribution in [1.82, 2.24) is 19.8 Å². The van der Waals surface area contributed by atoms with E-state index in [1.807, 2.05) is 35.2 Å². The third kappa shape index (κ3) is 5.73. The van der Waals surface area contributed by atoms with E-state index in [1.54, 1.807) is 18.3 Å². The van der Waals surface area contributed by atoms with E-state index < -0.39 is 17.8 Å². The zero-order valence-electron chi connectivity index (χ0n) is 24.3. The number of hydrogen-bond acceptors (Lipinski definition) is 8. The number of phenolic OH excluding ortho intramolecular Hbond substituents is 1. The predicted molar refractivity (Wildman–Crippen MR) is 168 cm³/mol. The van der Waals surface area contributed by atoms with Crippen LogP contribution >= 0.6 is 11.6 Å². The molecule has 0 saturated carbocycles. The van der Waals surface area contributed by atoms with Crippen molar-refractivity contribution in [3.8, 4) is 28.8 Å². The van der Waals surface area contributed by atoms with Crippen molar-refractivity contribution in [1.29, 1.82) is 5.26 Å². The number of rotatable bonds is 7. The molecule has 2 aromatic carbocycles. The first-order valence-corrected chi connectivity index (χ1v) is 14.9. The molecule has 9 nitrogen and oxygen atoms in total. The Hall–Kier alpha value is -4.46. The molecule has 2 atom stereocenters. The summed E-state index contributed by atoms with van der Waals surface area (Å²) < 4.78 is 20.1. The molecule has 1 amide bonds. The van der Waals surface area contributed by atoms with Crippen LogP contribution < -0.4 is 9.64 Å². The summed E-state index contributed by atoms with van der Waals surface area (Å²) in [6.07, 6.45) is 3.92. The molecule has 226 valence electrons. The van der Waals surface area contributed by atoms with Gasteiger partial charge in [-0.1, -0.05) is 30.3 Å². The fraction of sp³-hybridized carbons (Fsp3) is 0.333. The Balaban J connectivity index is 1.43. The second kappa shape index (κ2) is 12.3. The number of likely N-dealkylation sites (N-methyl/N-ethyl adjacent to an activating group) is 1. The highest BCUT2D eigenvalue weighted by atomic mass is 35.5. The summed E-state index contributed by atoms with van der Waals surface area (Å²) >= 11 is 6.61. The molecule has 1 N–H and O–H groups in total. The summed E-state index contributed by atoms with van der Waals surface area (Å²) in [4.78, 5) is 27.9. The number of ether oxygens (including phenoxy) is 1. The second-order valence-electron chi connectivity index (χ2n) is 11.4. The Bertz CT molecular complexity index is 1810. The maximum absolute atomic E-state index is 13.8. The number of nitrogens with zero attached hydrogens (tertiary/aromatic N) is 6. The van der Waals surface area contributed by atoms with Crippen LogP contribution in [0.1, 0.15) is 19.3 Å². The minimum absolute atomic E-state index is 0.0405. The van der Waals surface area contributed by atoms with E-state index >= 15 is 0 Å². The lowest BCUT2D eigenvalue weighted by atomic mass is 9.98. The molecule has 44 heavy (non-hydrogen) atoms. The van der Waals surface area contributed by atoms with E-state index in [1.165, 1.54) is 4.90 Å². The maximum Gasteiger partial charge on any atom is 0.282 e. The Morgan fingerprint density at radius 1 is 1.23 bits per heavy atom. The third-order valence-electron chi connectivity index (χ3n) is 8.56. The minimum Gasteiger partial charge on any atom is -0.508 e. The molecule has 2 saturated heterocycles. The van der Waals surface area contributed by atoms with Gasteiger partial charge in [-0.25, -0.2) is 9.37 Å². The summed E-state index contributed by atoms with van der Waals surface area (Å²) in [7, 11) is 2.09. The average Bonchev–Trinajstić information content (AvgIpc) is 3.43. The van der Waals surface area contributed by atoms with Crippen LogP contribution in [0, 0.1) is 11.3 Å². The highest BCUT2D eigenvalue weighted by Gasteiger charge is 2.33. The number of carbonyl (C=O) groups is 1. The molecule has 11 heteroatoms. The van der Waals surface area contributed by atoms with Crippen LogP contribution in [0.15, 0.2) is 61.1 Å². The number of phenols is 1. The SMILES string of the molecule is C=C(F)C(=O)N1CCN(c2cc(OC[C@@H]3CCCN3C)nc3cc(-c4cc(O)cc5cccc(Cl)c45)cnc23)CC1CC#N. The van der Waals surface area contributed by atoms with Gasteiger partial charge in [0.2, 0.25) is 5.88 Å². The van der Waals surface area contributed by atoms with Gasteiger partial charge in [-0.2, -0.15) is 5.26 Å². The summed E-state index contributed by atoms with van der Waals surface area (Å²) in [6.45, 7) is 5.56. The molecule has 1 unspecified atom stereocenters. The highest BCUT2D eigenvalue weighted by molar-refractivity contribution is 6.36. The van der Waals surface area contributed by atoms with Gasteiger partial charge < -0.3 is 24.5 Å². The Morgan fingerprint density at radius 3 is 2.82 bits per heavy atom. The van der Waals surface area contributed by atoms with Gasteiger partial charge >= 0.3 is 0 Å². The van der Waals surface area contributed by atoms with Gasteiger partial charge in [0.25, 0.3) is 5.91 Å². The number of amides is 1. The summed E-state index contributed by atoms with van der Waals surface area (Å²) in [6, 6.07) is 14.5. The van der Waals surface area contributed by atoms with E-state index in [2.05, 4.69) is 24.6 Å². The van der Waals surface area contributed by atoms with E-state index in [4.69, 9.17) is 26.3 Å². The van der Waals surface area contributed by atoms with Gasteiger partial charge in [0.15, 0.2) is 5.83 Å². The van der Waals surface area contributed by atoms with Crippen LogP contribution in [0.4, 0.5) is 10.1 Å². The van der Waals surface area contributed by atoms with Crippen LogP contribution in [-0.4, -0.2) is 82.7 Å². The largest absolute Gasteiger partial charge is 0.508 e. The molecule has 4 aromatic rings. The van der Waals surface area contributed by atoms with Gasteiger partial charge in [-0.3, -0.25) is 9.78 Å². The molecule has 2 aliphatic rings. The lowest BCUT2D eigenvalue weighted by molar-refractivity contribution is -0.131. The minimum atomic E-state index is -1.04. The van der Waals surface area contributed by atoms with E-state index in [0.29, 0.717) is 41.6 Å². The Labute approximate surface area is 259 Å². The van der Waals surface area contributed by atoms with Crippen molar-refractivity contribution in [2.24, 2.45) is 0 Å². The topological polar surface area (TPSA) is 106 Å². The van der Waals surface area contributed by atoms with Crippen LogP contribution in [0.25, 0.3) is 32.9 Å². The Morgan fingerprint density at radius 2 is 2.07 bits per heavy atom. The zero-order valence-corrected chi connectivity index (χ0v) is 25.1. The van der Waals surface area contributed by atoms with Crippen molar-refractivity contribution >= 4 is 45.0 Å². The van der Waals surface area contributed by atoms with Gasteiger partial charge in [0.05, 0.1) is 29.7 Å². The van der Waals surface area contributed by atoms with Gasteiger partial charge in [0.1, 0.15) is 17.9 Å². The normalized spacial score (nSPS) is 19.0. The second-order valence-corrected chi connectivity index (χ2v) is 11.8. The monoisotopic (exact) mass is 614 g/mol. The number of anilines is 1. The van der Waals surface area contributed by atoms with Crippen molar-refractivity contribution < 1.29 is 19.0 Å². The molecule has 2 aliphatic heterocycles. The van der Waals surface area contributed by atoms with Crippen LogP contribution in [0.3, 0.4) is 0 Å². The van der Waals surface area contributed by atoms with Gasteiger partial charge in [0, 0.05) is 53.9 Å². The number of pyridine rings is 2. The van der Waals surface area contributed by atoms with E-state index in [-0.39, 0.29) is 24.8 Å².